The number of rotatable bonds is 6. The van der Waals surface area contributed by atoms with Crippen molar-refractivity contribution in [2.75, 3.05) is 0 Å². The van der Waals surface area contributed by atoms with Gasteiger partial charge < -0.3 is 21.5 Å². The maximum absolute atomic E-state index is 11.8. The van der Waals surface area contributed by atoms with E-state index in [0.29, 0.717) is 11.8 Å². The van der Waals surface area contributed by atoms with Crippen molar-refractivity contribution in [3.05, 3.63) is 0 Å². The number of hydrogen-bond acceptors (Lipinski definition) is 3. The molecular formula is C13H21N3O4. The molecule has 3 amide bonds. The molecule has 2 bridgehead atoms. The Kier molecular flexibility index (Phi) is 4.46. The van der Waals surface area contributed by atoms with Crippen LogP contribution in [0.15, 0.2) is 0 Å². The lowest BCUT2D eigenvalue weighted by atomic mass is 9.95. The number of hydrogen-bond donors (Lipinski definition) is 4. The maximum atomic E-state index is 11.8. The Hall–Kier alpha value is -1.79. The molecule has 7 heteroatoms. The molecular weight excluding hydrogens is 262 g/mol. The van der Waals surface area contributed by atoms with Crippen LogP contribution < -0.4 is 16.4 Å². The molecule has 0 aliphatic heterocycles. The van der Waals surface area contributed by atoms with Crippen molar-refractivity contribution in [1.29, 1.82) is 0 Å². The summed E-state index contributed by atoms with van der Waals surface area (Å²) >= 11 is 0. The van der Waals surface area contributed by atoms with Crippen LogP contribution in [0.1, 0.15) is 38.5 Å². The molecule has 7 nitrogen and oxygen atoms in total. The summed E-state index contributed by atoms with van der Waals surface area (Å²) in [4.78, 5) is 33.5. The average molecular weight is 283 g/mol. The first-order chi connectivity index (χ1) is 9.45. The van der Waals surface area contributed by atoms with Gasteiger partial charge in [0.1, 0.15) is 6.04 Å². The van der Waals surface area contributed by atoms with Crippen molar-refractivity contribution in [2.24, 2.45) is 17.6 Å². The fourth-order valence-corrected chi connectivity index (χ4v) is 3.33. The predicted molar refractivity (Wildman–Crippen MR) is 70.8 cm³/mol. The van der Waals surface area contributed by atoms with E-state index in [0.717, 1.165) is 19.3 Å². The molecule has 5 N–H and O–H groups in total. The number of carboxylic acid groups (broad SMARTS) is 1. The lowest BCUT2D eigenvalue weighted by Gasteiger charge is -2.24. The smallest absolute Gasteiger partial charge is 0.326 e. The zero-order chi connectivity index (χ0) is 14.7. The van der Waals surface area contributed by atoms with Crippen LogP contribution in [0.5, 0.6) is 0 Å². The van der Waals surface area contributed by atoms with Crippen LogP contribution in [0.3, 0.4) is 0 Å². The fraction of sp³-hybridized carbons (Fsp3) is 0.769. The van der Waals surface area contributed by atoms with Gasteiger partial charge in [-0.3, -0.25) is 4.79 Å². The van der Waals surface area contributed by atoms with E-state index in [2.05, 4.69) is 10.6 Å². The highest BCUT2D eigenvalue weighted by Crippen LogP contribution is 2.44. The molecule has 3 unspecified atom stereocenters. The normalized spacial score (nSPS) is 28.9. The second-order valence-corrected chi connectivity index (χ2v) is 5.79. The zero-order valence-electron chi connectivity index (χ0n) is 11.3. The van der Waals surface area contributed by atoms with Gasteiger partial charge in [0.25, 0.3) is 0 Å². The third-order valence-electron chi connectivity index (χ3n) is 4.34. The Balaban J connectivity index is 1.79. The van der Waals surface area contributed by atoms with Gasteiger partial charge in [0.15, 0.2) is 0 Å². The molecule has 2 rings (SSSR count). The van der Waals surface area contributed by atoms with Gasteiger partial charge in [0.2, 0.25) is 5.91 Å². The number of fused-ring (bicyclic) bond motifs is 2. The second kappa shape index (κ2) is 6.11. The zero-order valence-corrected chi connectivity index (χ0v) is 11.3. The van der Waals surface area contributed by atoms with Crippen molar-refractivity contribution < 1.29 is 19.5 Å². The minimum Gasteiger partial charge on any atom is -0.480 e. The van der Waals surface area contributed by atoms with Crippen LogP contribution in [0.4, 0.5) is 4.79 Å². The van der Waals surface area contributed by atoms with Crippen molar-refractivity contribution >= 4 is 17.9 Å². The van der Waals surface area contributed by atoms with Gasteiger partial charge >= 0.3 is 12.0 Å². The molecule has 0 spiro atoms. The Morgan fingerprint density at radius 3 is 2.50 bits per heavy atom. The lowest BCUT2D eigenvalue weighted by molar-refractivity contribution is -0.139. The summed E-state index contributed by atoms with van der Waals surface area (Å²) in [5, 5.41) is 14.3. The number of nitrogens with two attached hydrogens (primary N) is 1. The van der Waals surface area contributed by atoms with Crippen molar-refractivity contribution in [3.63, 3.8) is 0 Å². The van der Waals surface area contributed by atoms with E-state index < -0.39 is 23.9 Å². The minimum atomic E-state index is -1.16. The first-order valence-corrected chi connectivity index (χ1v) is 7.04. The van der Waals surface area contributed by atoms with Gasteiger partial charge in [-0.25, -0.2) is 9.59 Å². The Morgan fingerprint density at radius 2 is 2.00 bits per heavy atom. The van der Waals surface area contributed by atoms with Crippen molar-refractivity contribution in [1.82, 2.24) is 10.6 Å². The maximum Gasteiger partial charge on any atom is 0.326 e. The topological polar surface area (TPSA) is 122 Å². The number of aliphatic carboxylic acids is 1. The predicted octanol–water partition coefficient (Wildman–Crippen LogP) is 0.193. The molecule has 0 saturated heterocycles. The van der Waals surface area contributed by atoms with Crippen LogP contribution in [0.2, 0.25) is 0 Å². The number of amides is 3. The van der Waals surface area contributed by atoms with Crippen LogP contribution in [-0.2, 0) is 9.59 Å². The van der Waals surface area contributed by atoms with E-state index in [4.69, 9.17) is 10.8 Å². The van der Waals surface area contributed by atoms with Crippen LogP contribution in [0.25, 0.3) is 0 Å². The molecule has 0 aromatic heterocycles. The minimum absolute atomic E-state index is 0.00874. The van der Waals surface area contributed by atoms with Gasteiger partial charge in [-0.05, 0) is 37.5 Å². The molecule has 2 aliphatic carbocycles. The highest BCUT2D eigenvalue weighted by atomic mass is 16.4. The molecule has 0 radical (unpaired) electrons. The number of primary amides is 1. The monoisotopic (exact) mass is 283 g/mol. The summed E-state index contributed by atoms with van der Waals surface area (Å²) in [6.07, 6.45) is 4.47. The van der Waals surface area contributed by atoms with Gasteiger partial charge in [0, 0.05) is 12.5 Å². The second-order valence-electron chi connectivity index (χ2n) is 5.79. The summed E-state index contributed by atoms with van der Waals surface area (Å²) in [7, 11) is 0. The number of nitrogens with one attached hydrogen (secondary N) is 2. The molecule has 112 valence electrons. The standard InChI is InChI=1S/C13H21N3O4/c14-11(17)4-3-9(12(18)19)15-13(20)16-10-6-7-1-2-8(10)5-7/h7-10H,1-6H2,(H2,14,17)(H,18,19)(H2,15,16,20)/t7?,8?,9-,10?/m0/s1. The highest BCUT2D eigenvalue weighted by Gasteiger charge is 2.40. The summed E-state index contributed by atoms with van der Waals surface area (Å²) < 4.78 is 0. The fourth-order valence-electron chi connectivity index (χ4n) is 3.33. The summed E-state index contributed by atoms with van der Waals surface area (Å²) in [5.74, 6) is -0.504. The molecule has 0 heterocycles. The molecule has 0 aromatic carbocycles. The number of urea groups is 1. The van der Waals surface area contributed by atoms with Crippen LogP contribution in [-0.4, -0.2) is 35.1 Å². The Morgan fingerprint density at radius 1 is 1.25 bits per heavy atom. The number of carboxylic acids is 1. The summed E-state index contributed by atoms with van der Waals surface area (Å²) in [6.45, 7) is 0. The van der Waals surface area contributed by atoms with Crippen molar-refractivity contribution in [2.45, 2.75) is 50.6 Å². The lowest BCUT2D eigenvalue weighted by Crippen LogP contribution is -2.50. The molecule has 2 fully saturated rings. The number of carbonyl (C=O) groups is 3. The third kappa shape index (κ3) is 3.61. The van der Waals surface area contributed by atoms with E-state index in [1.54, 1.807) is 0 Å². The van der Waals surface area contributed by atoms with E-state index >= 15 is 0 Å². The Labute approximate surface area is 117 Å². The summed E-state index contributed by atoms with van der Waals surface area (Å²) in [5.41, 5.74) is 4.98. The molecule has 4 atom stereocenters. The van der Waals surface area contributed by atoms with Crippen molar-refractivity contribution in [3.8, 4) is 0 Å². The van der Waals surface area contributed by atoms with Crippen LogP contribution in [0, 0.1) is 11.8 Å². The van der Waals surface area contributed by atoms with E-state index in [1.165, 1.54) is 6.42 Å². The van der Waals surface area contributed by atoms with Crippen LogP contribution >= 0.6 is 0 Å². The highest BCUT2D eigenvalue weighted by molar-refractivity contribution is 5.83. The molecule has 2 saturated carbocycles. The molecule has 0 aromatic rings. The quantitative estimate of drug-likeness (QED) is 0.556. The first kappa shape index (κ1) is 14.6. The van der Waals surface area contributed by atoms with E-state index in [-0.39, 0.29) is 18.9 Å². The number of carbonyl (C=O) groups excluding carboxylic acids is 2. The average Bonchev–Trinajstić information content (AvgIpc) is 2.95. The Bertz CT molecular complexity index is 412. The summed E-state index contributed by atoms with van der Waals surface area (Å²) in [6, 6.07) is -1.40. The van der Waals surface area contributed by atoms with E-state index in [1.807, 2.05) is 0 Å². The van der Waals surface area contributed by atoms with Gasteiger partial charge in [-0.15, -0.1) is 0 Å². The van der Waals surface area contributed by atoms with Gasteiger partial charge in [0.05, 0.1) is 0 Å². The van der Waals surface area contributed by atoms with Gasteiger partial charge in [-0.2, -0.15) is 0 Å². The molecule has 2 aliphatic rings. The third-order valence-corrected chi connectivity index (χ3v) is 4.34. The van der Waals surface area contributed by atoms with Gasteiger partial charge in [-0.1, -0.05) is 6.42 Å². The first-order valence-electron chi connectivity index (χ1n) is 7.04. The molecule has 20 heavy (non-hydrogen) atoms. The largest absolute Gasteiger partial charge is 0.480 e. The van der Waals surface area contributed by atoms with E-state index in [9.17, 15) is 14.4 Å². The SMILES string of the molecule is NC(=O)CC[C@H](NC(=O)NC1CC2CCC1C2)C(=O)O.